The van der Waals surface area contributed by atoms with Crippen LogP contribution in [0.2, 0.25) is 0 Å². The number of nitrogens with one attached hydrogen (secondary N) is 1. The van der Waals surface area contributed by atoms with Crippen molar-refractivity contribution in [2.75, 3.05) is 25.1 Å². The average Bonchev–Trinajstić information content (AvgIpc) is 1.88. The van der Waals surface area contributed by atoms with Crippen LogP contribution in [-0.2, 0) is 11.2 Å². The molecule has 0 aromatic rings. The number of hydrogen-bond donors (Lipinski definition) is 1. The summed E-state index contributed by atoms with van der Waals surface area (Å²) in [7, 11) is 0. The van der Waals surface area contributed by atoms with Crippen LogP contribution < -0.4 is 5.32 Å². The molecule has 10 heavy (non-hydrogen) atoms. The van der Waals surface area contributed by atoms with E-state index in [9.17, 15) is 4.55 Å². The SMILES string of the molecule is C[S+]([O-])CC1CCNCC1. The molecule has 1 aliphatic heterocycles. The second kappa shape index (κ2) is 4.21. The van der Waals surface area contributed by atoms with Crippen LogP contribution in [-0.4, -0.2) is 29.7 Å². The van der Waals surface area contributed by atoms with Gasteiger partial charge in [-0.05, 0) is 25.9 Å². The second-order valence-electron chi connectivity index (χ2n) is 2.93. The van der Waals surface area contributed by atoms with Crippen LogP contribution in [0.1, 0.15) is 12.8 Å². The van der Waals surface area contributed by atoms with Crippen LogP contribution in [0.3, 0.4) is 0 Å². The third-order valence-electron chi connectivity index (χ3n) is 1.93. The fourth-order valence-electron chi connectivity index (χ4n) is 1.38. The summed E-state index contributed by atoms with van der Waals surface area (Å²) in [6.07, 6.45) is 4.21. The Balaban J connectivity index is 2.13. The van der Waals surface area contributed by atoms with Gasteiger partial charge < -0.3 is 9.87 Å². The third-order valence-corrected chi connectivity index (χ3v) is 2.87. The van der Waals surface area contributed by atoms with E-state index in [1.165, 1.54) is 12.8 Å². The molecule has 0 amide bonds. The predicted octanol–water partition coefficient (Wildman–Crippen LogP) is 0.365. The lowest BCUT2D eigenvalue weighted by Gasteiger charge is -2.21. The highest BCUT2D eigenvalue weighted by atomic mass is 32.2. The van der Waals surface area contributed by atoms with Crippen molar-refractivity contribution in [3.8, 4) is 0 Å². The van der Waals surface area contributed by atoms with Crippen molar-refractivity contribution in [3.63, 3.8) is 0 Å². The third kappa shape index (κ3) is 2.90. The molecule has 0 spiro atoms. The van der Waals surface area contributed by atoms with Crippen molar-refractivity contribution in [3.05, 3.63) is 0 Å². The van der Waals surface area contributed by atoms with Gasteiger partial charge in [-0.25, -0.2) is 0 Å². The van der Waals surface area contributed by atoms with Gasteiger partial charge in [0.25, 0.3) is 0 Å². The van der Waals surface area contributed by atoms with Gasteiger partial charge in [0.15, 0.2) is 0 Å². The van der Waals surface area contributed by atoms with Crippen molar-refractivity contribution in [1.82, 2.24) is 5.32 Å². The minimum Gasteiger partial charge on any atom is -0.617 e. The number of rotatable bonds is 2. The lowest BCUT2D eigenvalue weighted by molar-refractivity contribution is 0.402. The van der Waals surface area contributed by atoms with Crippen molar-refractivity contribution < 1.29 is 4.55 Å². The van der Waals surface area contributed by atoms with Gasteiger partial charge in [-0.15, -0.1) is 0 Å². The molecule has 1 unspecified atom stereocenters. The lowest BCUT2D eigenvalue weighted by atomic mass is 10.0. The molecule has 2 nitrogen and oxygen atoms in total. The van der Waals surface area contributed by atoms with Gasteiger partial charge in [0.2, 0.25) is 0 Å². The van der Waals surface area contributed by atoms with Crippen LogP contribution in [0, 0.1) is 5.92 Å². The van der Waals surface area contributed by atoms with E-state index in [4.69, 9.17) is 0 Å². The lowest BCUT2D eigenvalue weighted by Crippen LogP contribution is -2.31. The summed E-state index contributed by atoms with van der Waals surface area (Å²) in [6, 6.07) is 0. The second-order valence-corrected chi connectivity index (χ2v) is 4.41. The van der Waals surface area contributed by atoms with Gasteiger partial charge in [0, 0.05) is 5.92 Å². The quantitative estimate of drug-likeness (QED) is 0.594. The van der Waals surface area contributed by atoms with E-state index < -0.39 is 11.2 Å². The normalized spacial score (nSPS) is 24.6. The molecule has 0 aliphatic carbocycles. The molecule has 60 valence electrons. The predicted molar refractivity (Wildman–Crippen MR) is 44.5 cm³/mol. The maximum absolute atomic E-state index is 10.8. The van der Waals surface area contributed by atoms with Crippen LogP contribution in [0.25, 0.3) is 0 Å². The molecule has 0 aromatic heterocycles. The summed E-state index contributed by atoms with van der Waals surface area (Å²) in [5.74, 6) is 1.62. The summed E-state index contributed by atoms with van der Waals surface area (Å²) in [5, 5.41) is 3.29. The topological polar surface area (TPSA) is 35.1 Å². The molecule has 1 rings (SSSR count). The Morgan fingerprint density at radius 3 is 2.60 bits per heavy atom. The molecule has 0 bridgehead atoms. The van der Waals surface area contributed by atoms with Gasteiger partial charge >= 0.3 is 0 Å². The standard InChI is InChI=1S/C7H15NOS/c1-10(9)6-7-2-4-8-5-3-7/h7-8H,2-6H2,1H3. The molecule has 1 heterocycles. The summed E-state index contributed by atoms with van der Waals surface area (Å²) in [4.78, 5) is 0. The van der Waals surface area contributed by atoms with E-state index in [-0.39, 0.29) is 0 Å². The van der Waals surface area contributed by atoms with Gasteiger partial charge in [-0.2, -0.15) is 0 Å². The fraction of sp³-hybridized carbons (Fsp3) is 1.00. The molecule has 1 fully saturated rings. The van der Waals surface area contributed by atoms with E-state index in [0.717, 1.165) is 18.8 Å². The van der Waals surface area contributed by atoms with Crippen molar-refractivity contribution in [1.29, 1.82) is 0 Å². The zero-order valence-corrected chi connectivity index (χ0v) is 7.25. The van der Waals surface area contributed by atoms with E-state index >= 15 is 0 Å². The fourth-order valence-corrected chi connectivity index (χ4v) is 2.38. The van der Waals surface area contributed by atoms with Crippen LogP contribution >= 0.6 is 0 Å². The maximum Gasteiger partial charge on any atom is 0.108 e. The highest BCUT2D eigenvalue weighted by molar-refractivity contribution is 7.90. The highest BCUT2D eigenvalue weighted by Crippen LogP contribution is 2.13. The Hall–Kier alpha value is 0.270. The average molecular weight is 161 g/mol. The molecule has 0 saturated carbocycles. The molecule has 0 aromatic carbocycles. The highest BCUT2D eigenvalue weighted by Gasteiger charge is 2.16. The summed E-state index contributed by atoms with van der Waals surface area (Å²) in [5.41, 5.74) is 0. The Labute approximate surface area is 65.6 Å². The van der Waals surface area contributed by atoms with Crippen LogP contribution in [0.15, 0.2) is 0 Å². The largest absolute Gasteiger partial charge is 0.617 e. The maximum atomic E-state index is 10.8. The Morgan fingerprint density at radius 2 is 2.10 bits per heavy atom. The van der Waals surface area contributed by atoms with E-state index in [0.29, 0.717) is 5.92 Å². The monoisotopic (exact) mass is 161 g/mol. The number of hydrogen-bond acceptors (Lipinski definition) is 2. The van der Waals surface area contributed by atoms with Gasteiger partial charge in [-0.1, -0.05) is 11.2 Å². The number of piperidine rings is 1. The van der Waals surface area contributed by atoms with Crippen LogP contribution in [0.5, 0.6) is 0 Å². The first kappa shape index (κ1) is 8.37. The van der Waals surface area contributed by atoms with Gasteiger partial charge in [0.1, 0.15) is 5.75 Å². The first-order chi connectivity index (χ1) is 4.79. The van der Waals surface area contributed by atoms with Crippen molar-refractivity contribution in [2.45, 2.75) is 12.8 Å². The van der Waals surface area contributed by atoms with E-state index in [1.54, 1.807) is 6.26 Å². The van der Waals surface area contributed by atoms with Crippen molar-refractivity contribution >= 4 is 11.2 Å². The van der Waals surface area contributed by atoms with Crippen molar-refractivity contribution in [2.24, 2.45) is 5.92 Å². The summed E-state index contributed by atoms with van der Waals surface area (Å²) >= 11 is -0.591. The Kier molecular flexibility index (Phi) is 3.52. The molecular formula is C7H15NOS. The molecule has 1 atom stereocenters. The minimum absolute atomic E-state index is 0.591. The van der Waals surface area contributed by atoms with E-state index in [2.05, 4.69) is 5.32 Å². The zero-order chi connectivity index (χ0) is 7.40. The zero-order valence-electron chi connectivity index (χ0n) is 6.43. The molecule has 1 saturated heterocycles. The molecule has 1 aliphatic rings. The smallest absolute Gasteiger partial charge is 0.108 e. The van der Waals surface area contributed by atoms with Gasteiger partial charge in [0.05, 0.1) is 6.26 Å². The molecule has 1 N–H and O–H groups in total. The molecule has 0 radical (unpaired) electrons. The summed E-state index contributed by atoms with van der Waals surface area (Å²) < 4.78 is 10.8. The Morgan fingerprint density at radius 1 is 1.50 bits per heavy atom. The first-order valence-electron chi connectivity index (χ1n) is 3.80. The summed E-state index contributed by atoms with van der Waals surface area (Å²) in [6.45, 7) is 2.23. The molecule has 3 heteroatoms. The molecular weight excluding hydrogens is 146 g/mol. The van der Waals surface area contributed by atoms with E-state index in [1.807, 2.05) is 0 Å². The first-order valence-corrected chi connectivity index (χ1v) is 5.52. The van der Waals surface area contributed by atoms with Gasteiger partial charge in [-0.3, -0.25) is 0 Å². The Bertz CT molecular complexity index is 91.6. The minimum atomic E-state index is -0.591. The van der Waals surface area contributed by atoms with Crippen LogP contribution in [0.4, 0.5) is 0 Å².